The fourth-order valence-electron chi connectivity index (χ4n) is 4.33. The van der Waals surface area contributed by atoms with Crippen molar-refractivity contribution >= 4 is 11.5 Å². The van der Waals surface area contributed by atoms with Gasteiger partial charge in [-0.15, -0.1) is 0 Å². The minimum absolute atomic E-state index is 0.0205. The first-order valence-electron chi connectivity index (χ1n) is 11.9. The van der Waals surface area contributed by atoms with Crippen molar-refractivity contribution in [1.82, 2.24) is 10.3 Å². The Bertz CT molecular complexity index is 947. The highest BCUT2D eigenvalue weighted by atomic mass is 16.5. The molecule has 0 saturated carbocycles. The van der Waals surface area contributed by atoms with Crippen molar-refractivity contribution < 1.29 is 9.53 Å². The molecule has 1 aromatic carbocycles. The standard InChI is InChI=1S/C28H36N2O2/c1-4-5-6-12-26-23(18-24-19-25(32-3)14-15-27(24)26)13-16-28(31)30-21(2)9-7-10-22-11-8-17-29-20-22/h8,11,13-17,19-21H,4-7,9-10,12,18H2,1-3H3,(H,30,31)/b16-13+. The molecule has 4 heteroatoms. The Balaban J connectivity index is 1.57. The summed E-state index contributed by atoms with van der Waals surface area (Å²) in [5.74, 6) is 0.868. The van der Waals surface area contributed by atoms with E-state index in [9.17, 15) is 4.79 Å². The van der Waals surface area contributed by atoms with Crippen molar-refractivity contribution in [2.24, 2.45) is 0 Å². The maximum absolute atomic E-state index is 12.5. The number of amides is 1. The van der Waals surface area contributed by atoms with Gasteiger partial charge >= 0.3 is 0 Å². The third-order valence-corrected chi connectivity index (χ3v) is 6.09. The van der Waals surface area contributed by atoms with Crippen LogP contribution in [0.1, 0.15) is 69.1 Å². The highest BCUT2D eigenvalue weighted by molar-refractivity contribution is 5.89. The first-order chi connectivity index (χ1) is 15.6. The Labute approximate surface area is 192 Å². The summed E-state index contributed by atoms with van der Waals surface area (Å²) in [7, 11) is 1.70. The minimum Gasteiger partial charge on any atom is -0.497 e. The summed E-state index contributed by atoms with van der Waals surface area (Å²) < 4.78 is 5.41. The number of methoxy groups -OCH3 is 1. The number of carbonyl (C=O) groups excluding carboxylic acids is 1. The van der Waals surface area contributed by atoms with Gasteiger partial charge in [-0.25, -0.2) is 0 Å². The molecule has 170 valence electrons. The van der Waals surface area contributed by atoms with Crippen LogP contribution in [0.3, 0.4) is 0 Å². The lowest BCUT2D eigenvalue weighted by molar-refractivity contribution is -0.117. The fourth-order valence-corrected chi connectivity index (χ4v) is 4.33. The lowest BCUT2D eigenvalue weighted by atomic mass is 9.99. The Hall–Kier alpha value is -2.88. The van der Waals surface area contributed by atoms with Crippen molar-refractivity contribution in [1.29, 1.82) is 0 Å². The van der Waals surface area contributed by atoms with Gasteiger partial charge < -0.3 is 10.1 Å². The molecule has 1 N–H and O–H groups in total. The molecular weight excluding hydrogens is 396 g/mol. The molecule has 0 saturated heterocycles. The zero-order valence-corrected chi connectivity index (χ0v) is 19.7. The normalized spacial score (nSPS) is 14.0. The van der Waals surface area contributed by atoms with Crippen LogP contribution in [0.4, 0.5) is 0 Å². The Kier molecular flexibility index (Phi) is 9.09. The lowest BCUT2D eigenvalue weighted by Gasteiger charge is -2.12. The van der Waals surface area contributed by atoms with E-state index in [0.29, 0.717) is 0 Å². The molecule has 4 nitrogen and oxygen atoms in total. The van der Waals surface area contributed by atoms with Crippen LogP contribution < -0.4 is 10.1 Å². The van der Waals surface area contributed by atoms with Crippen LogP contribution >= 0.6 is 0 Å². The van der Waals surface area contributed by atoms with E-state index >= 15 is 0 Å². The summed E-state index contributed by atoms with van der Waals surface area (Å²) >= 11 is 0. The fraction of sp³-hybridized carbons (Fsp3) is 0.429. The van der Waals surface area contributed by atoms with E-state index in [1.807, 2.05) is 24.4 Å². The highest BCUT2D eigenvalue weighted by Crippen LogP contribution is 2.38. The quantitative estimate of drug-likeness (QED) is 0.327. The van der Waals surface area contributed by atoms with Gasteiger partial charge in [0.25, 0.3) is 0 Å². The Morgan fingerprint density at radius 1 is 1.22 bits per heavy atom. The number of aryl methyl sites for hydroxylation is 1. The van der Waals surface area contributed by atoms with Gasteiger partial charge in [0, 0.05) is 24.5 Å². The third-order valence-electron chi connectivity index (χ3n) is 6.09. The number of nitrogens with one attached hydrogen (secondary N) is 1. The molecule has 1 unspecified atom stereocenters. The van der Waals surface area contributed by atoms with Gasteiger partial charge in [0.1, 0.15) is 5.75 Å². The van der Waals surface area contributed by atoms with Crippen LogP contribution in [0.25, 0.3) is 5.57 Å². The van der Waals surface area contributed by atoms with Gasteiger partial charge in [-0.1, -0.05) is 38.0 Å². The number of rotatable bonds is 12. The summed E-state index contributed by atoms with van der Waals surface area (Å²) in [6.45, 7) is 4.30. The maximum atomic E-state index is 12.5. The molecule has 2 aromatic rings. The van der Waals surface area contributed by atoms with Crippen LogP contribution in [0.5, 0.6) is 5.75 Å². The van der Waals surface area contributed by atoms with Gasteiger partial charge in [-0.3, -0.25) is 9.78 Å². The maximum Gasteiger partial charge on any atom is 0.244 e. The van der Waals surface area contributed by atoms with Crippen molar-refractivity contribution in [3.63, 3.8) is 0 Å². The largest absolute Gasteiger partial charge is 0.497 e. The Morgan fingerprint density at radius 2 is 2.09 bits per heavy atom. The molecule has 3 rings (SSSR count). The molecule has 0 spiro atoms. The van der Waals surface area contributed by atoms with Gasteiger partial charge in [-0.05, 0) is 91.5 Å². The van der Waals surface area contributed by atoms with Gasteiger partial charge in [0.2, 0.25) is 5.91 Å². The summed E-state index contributed by atoms with van der Waals surface area (Å²) in [4.78, 5) is 16.7. The van der Waals surface area contributed by atoms with Crippen LogP contribution in [0.15, 0.2) is 60.5 Å². The van der Waals surface area contributed by atoms with E-state index in [2.05, 4.69) is 42.3 Å². The SMILES string of the molecule is CCCCCC1=C(/C=C/C(=O)NC(C)CCCc2cccnc2)Cc2cc(OC)ccc21. The van der Waals surface area contributed by atoms with Crippen molar-refractivity contribution in [3.05, 3.63) is 77.1 Å². The van der Waals surface area contributed by atoms with Gasteiger partial charge in [-0.2, -0.15) is 0 Å². The Morgan fingerprint density at radius 3 is 2.84 bits per heavy atom. The molecule has 0 radical (unpaired) electrons. The number of aromatic nitrogens is 1. The molecule has 1 aromatic heterocycles. The van der Waals surface area contributed by atoms with Crippen molar-refractivity contribution in [2.45, 2.75) is 71.3 Å². The molecular formula is C28H36N2O2. The second-order valence-corrected chi connectivity index (χ2v) is 8.66. The number of fused-ring (bicyclic) bond motifs is 1. The summed E-state index contributed by atoms with van der Waals surface area (Å²) in [5.41, 5.74) is 6.48. The van der Waals surface area contributed by atoms with Crippen molar-refractivity contribution in [3.8, 4) is 5.75 Å². The molecule has 1 aliphatic carbocycles. The molecule has 1 atom stereocenters. The van der Waals surface area contributed by atoms with E-state index < -0.39 is 0 Å². The van der Waals surface area contributed by atoms with E-state index in [-0.39, 0.29) is 11.9 Å². The lowest BCUT2D eigenvalue weighted by Crippen LogP contribution is -2.31. The average Bonchev–Trinajstić information content (AvgIpc) is 3.15. The number of pyridine rings is 1. The molecule has 1 heterocycles. The number of benzene rings is 1. The minimum atomic E-state index is -0.0205. The average molecular weight is 433 g/mol. The van der Waals surface area contributed by atoms with Crippen LogP contribution in [-0.4, -0.2) is 24.0 Å². The van der Waals surface area contributed by atoms with Crippen LogP contribution in [0.2, 0.25) is 0 Å². The number of ether oxygens (including phenoxy) is 1. The second-order valence-electron chi connectivity index (χ2n) is 8.66. The number of unbranched alkanes of at least 4 members (excludes halogenated alkanes) is 2. The highest BCUT2D eigenvalue weighted by Gasteiger charge is 2.20. The zero-order chi connectivity index (χ0) is 22.8. The van der Waals surface area contributed by atoms with Crippen LogP contribution in [-0.2, 0) is 17.6 Å². The molecule has 1 amide bonds. The van der Waals surface area contributed by atoms with Crippen molar-refractivity contribution in [2.75, 3.05) is 7.11 Å². The first-order valence-corrected chi connectivity index (χ1v) is 11.9. The van der Waals surface area contributed by atoms with Gasteiger partial charge in [0.05, 0.1) is 7.11 Å². The van der Waals surface area contributed by atoms with E-state index in [4.69, 9.17) is 4.74 Å². The monoisotopic (exact) mass is 432 g/mol. The zero-order valence-electron chi connectivity index (χ0n) is 19.7. The van der Waals surface area contributed by atoms with E-state index in [1.165, 1.54) is 47.1 Å². The topological polar surface area (TPSA) is 51.2 Å². The number of hydrogen-bond donors (Lipinski definition) is 1. The number of nitrogens with zero attached hydrogens (tertiary/aromatic N) is 1. The van der Waals surface area contributed by atoms with E-state index in [0.717, 1.165) is 37.9 Å². The second kappa shape index (κ2) is 12.2. The molecule has 0 aliphatic heterocycles. The number of allylic oxidation sites excluding steroid dienone is 3. The number of hydrogen-bond acceptors (Lipinski definition) is 3. The van der Waals surface area contributed by atoms with E-state index in [1.54, 1.807) is 19.4 Å². The van der Waals surface area contributed by atoms with Gasteiger partial charge in [0.15, 0.2) is 0 Å². The third kappa shape index (κ3) is 6.81. The number of carbonyl (C=O) groups is 1. The smallest absolute Gasteiger partial charge is 0.244 e. The molecule has 0 fully saturated rings. The summed E-state index contributed by atoms with van der Waals surface area (Å²) in [6, 6.07) is 10.5. The summed E-state index contributed by atoms with van der Waals surface area (Å²) in [5, 5.41) is 3.11. The van der Waals surface area contributed by atoms with Crippen LogP contribution in [0, 0.1) is 0 Å². The first kappa shape index (κ1) is 23.8. The summed E-state index contributed by atoms with van der Waals surface area (Å²) in [6.07, 6.45) is 15.9. The predicted octanol–water partition coefficient (Wildman–Crippen LogP) is 6.06. The predicted molar refractivity (Wildman–Crippen MR) is 132 cm³/mol. The molecule has 0 bridgehead atoms. The molecule has 1 aliphatic rings. The molecule has 32 heavy (non-hydrogen) atoms.